The van der Waals surface area contributed by atoms with Gasteiger partial charge >= 0.3 is 0 Å². The summed E-state index contributed by atoms with van der Waals surface area (Å²) in [6.07, 6.45) is 5.06. The zero-order valence-electron chi connectivity index (χ0n) is 15.8. The lowest BCUT2D eigenvalue weighted by atomic mass is 10.2. The summed E-state index contributed by atoms with van der Waals surface area (Å²) < 4.78 is 21.6. The van der Waals surface area contributed by atoms with Gasteiger partial charge < -0.3 is 10.1 Å². The van der Waals surface area contributed by atoms with Gasteiger partial charge in [0.25, 0.3) is 5.91 Å². The predicted octanol–water partition coefficient (Wildman–Crippen LogP) is 4.01. The molecular formula is C20H28FN3O2. The molecule has 0 aliphatic carbocycles. The molecule has 0 atom stereocenters. The van der Waals surface area contributed by atoms with Crippen LogP contribution in [0.25, 0.3) is 0 Å². The molecule has 2 aromatic rings. The van der Waals surface area contributed by atoms with E-state index in [4.69, 9.17) is 4.74 Å². The summed E-state index contributed by atoms with van der Waals surface area (Å²) in [7, 11) is 1.72. The Hall–Kier alpha value is -2.37. The Labute approximate surface area is 154 Å². The third kappa shape index (κ3) is 5.31. The second kappa shape index (κ2) is 9.94. The molecule has 5 nitrogen and oxygen atoms in total. The van der Waals surface area contributed by atoms with Crippen molar-refractivity contribution in [3.05, 3.63) is 47.0 Å². The minimum atomic E-state index is -0.414. The van der Waals surface area contributed by atoms with E-state index in [9.17, 15) is 9.18 Å². The SMILES string of the molecule is CCCCCCOc1cccc(CNC(=O)c2cc(CC)nn2C)c1F. The van der Waals surface area contributed by atoms with E-state index >= 15 is 0 Å². The van der Waals surface area contributed by atoms with Gasteiger partial charge in [-0.2, -0.15) is 5.10 Å². The number of carbonyl (C=O) groups is 1. The maximum absolute atomic E-state index is 14.5. The topological polar surface area (TPSA) is 56.1 Å². The molecule has 0 saturated heterocycles. The molecular weight excluding hydrogens is 333 g/mol. The highest BCUT2D eigenvalue weighted by Gasteiger charge is 2.14. The summed E-state index contributed by atoms with van der Waals surface area (Å²) in [5.41, 5.74) is 1.72. The van der Waals surface area contributed by atoms with Gasteiger partial charge in [-0.25, -0.2) is 4.39 Å². The summed E-state index contributed by atoms with van der Waals surface area (Å²) in [6.45, 7) is 4.73. The Balaban J connectivity index is 1.93. The molecule has 1 heterocycles. The molecule has 0 saturated carbocycles. The van der Waals surface area contributed by atoms with Crippen LogP contribution in [0, 0.1) is 5.82 Å². The van der Waals surface area contributed by atoms with Crippen LogP contribution < -0.4 is 10.1 Å². The molecule has 0 aliphatic heterocycles. The molecule has 0 unspecified atom stereocenters. The Kier molecular flexibility index (Phi) is 7.63. The number of hydrogen-bond acceptors (Lipinski definition) is 3. The van der Waals surface area contributed by atoms with Crippen molar-refractivity contribution >= 4 is 5.91 Å². The number of nitrogens with one attached hydrogen (secondary N) is 1. The highest BCUT2D eigenvalue weighted by Crippen LogP contribution is 2.21. The van der Waals surface area contributed by atoms with E-state index < -0.39 is 5.82 Å². The number of unbranched alkanes of at least 4 members (excludes halogenated alkanes) is 3. The van der Waals surface area contributed by atoms with E-state index in [2.05, 4.69) is 17.3 Å². The van der Waals surface area contributed by atoms with Crippen LogP contribution in [0.15, 0.2) is 24.3 Å². The average Bonchev–Trinajstić information content (AvgIpc) is 3.02. The Bertz CT molecular complexity index is 728. The van der Waals surface area contributed by atoms with Gasteiger partial charge in [0.15, 0.2) is 11.6 Å². The van der Waals surface area contributed by atoms with Crippen molar-refractivity contribution < 1.29 is 13.9 Å². The lowest BCUT2D eigenvalue weighted by Crippen LogP contribution is -2.25. The van der Waals surface area contributed by atoms with Gasteiger partial charge in [-0.3, -0.25) is 9.48 Å². The fourth-order valence-corrected chi connectivity index (χ4v) is 2.69. The quantitative estimate of drug-likeness (QED) is 0.651. The first kappa shape index (κ1) is 19.9. The van der Waals surface area contributed by atoms with Crippen molar-refractivity contribution in [1.82, 2.24) is 15.1 Å². The minimum absolute atomic E-state index is 0.102. The van der Waals surface area contributed by atoms with Crippen molar-refractivity contribution in [2.24, 2.45) is 7.05 Å². The van der Waals surface area contributed by atoms with Gasteiger partial charge in [-0.1, -0.05) is 45.2 Å². The van der Waals surface area contributed by atoms with E-state index in [-0.39, 0.29) is 18.2 Å². The molecule has 142 valence electrons. The maximum Gasteiger partial charge on any atom is 0.269 e. The second-order valence-corrected chi connectivity index (χ2v) is 6.32. The molecule has 26 heavy (non-hydrogen) atoms. The number of aromatic nitrogens is 2. The molecule has 0 bridgehead atoms. The molecule has 2 rings (SSSR count). The fraction of sp³-hybridized carbons (Fsp3) is 0.500. The first-order chi connectivity index (χ1) is 12.6. The number of rotatable bonds is 10. The van der Waals surface area contributed by atoms with E-state index in [0.29, 0.717) is 17.9 Å². The number of aryl methyl sites for hydroxylation is 2. The van der Waals surface area contributed by atoms with E-state index in [1.54, 1.807) is 36.0 Å². The summed E-state index contributed by atoms with van der Waals surface area (Å²) in [5, 5.41) is 7.00. The maximum atomic E-state index is 14.5. The summed E-state index contributed by atoms with van der Waals surface area (Å²) in [6, 6.07) is 6.77. The third-order valence-electron chi connectivity index (χ3n) is 4.26. The molecule has 0 aliphatic rings. The highest BCUT2D eigenvalue weighted by atomic mass is 19.1. The van der Waals surface area contributed by atoms with Gasteiger partial charge in [-0.05, 0) is 25.0 Å². The summed E-state index contributed by atoms with van der Waals surface area (Å²) in [5.74, 6) is -0.449. The lowest BCUT2D eigenvalue weighted by Gasteiger charge is -2.11. The largest absolute Gasteiger partial charge is 0.491 e. The first-order valence-corrected chi connectivity index (χ1v) is 9.28. The van der Waals surface area contributed by atoms with Gasteiger partial charge in [-0.15, -0.1) is 0 Å². The number of amides is 1. The summed E-state index contributed by atoms with van der Waals surface area (Å²) >= 11 is 0. The van der Waals surface area contributed by atoms with Gasteiger partial charge in [0.1, 0.15) is 5.69 Å². The van der Waals surface area contributed by atoms with Crippen molar-refractivity contribution in [1.29, 1.82) is 0 Å². The number of hydrogen-bond donors (Lipinski definition) is 1. The molecule has 6 heteroatoms. The van der Waals surface area contributed by atoms with Crippen molar-refractivity contribution in [2.45, 2.75) is 52.5 Å². The highest BCUT2D eigenvalue weighted by molar-refractivity contribution is 5.92. The van der Waals surface area contributed by atoms with Crippen LogP contribution in [-0.2, 0) is 20.0 Å². The van der Waals surface area contributed by atoms with E-state index in [0.717, 1.165) is 37.8 Å². The third-order valence-corrected chi connectivity index (χ3v) is 4.26. The van der Waals surface area contributed by atoms with E-state index in [1.165, 1.54) is 0 Å². The van der Waals surface area contributed by atoms with Crippen LogP contribution in [0.2, 0.25) is 0 Å². The van der Waals surface area contributed by atoms with Gasteiger partial charge in [0.05, 0.1) is 12.3 Å². The van der Waals surface area contributed by atoms with Crippen LogP contribution in [0.4, 0.5) is 4.39 Å². The molecule has 1 aromatic heterocycles. The number of nitrogens with zero attached hydrogens (tertiary/aromatic N) is 2. The molecule has 1 aromatic carbocycles. The smallest absolute Gasteiger partial charge is 0.269 e. The van der Waals surface area contributed by atoms with Crippen molar-refractivity contribution in [3.63, 3.8) is 0 Å². The monoisotopic (exact) mass is 361 g/mol. The van der Waals surface area contributed by atoms with Crippen LogP contribution in [0.3, 0.4) is 0 Å². The van der Waals surface area contributed by atoms with Gasteiger partial charge in [0, 0.05) is 19.2 Å². The Morgan fingerprint density at radius 3 is 2.77 bits per heavy atom. The lowest BCUT2D eigenvalue weighted by molar-refractivity contribution is 0.0941. The number of halogens is 1. The van der Waals surface area contributed by atoms with Crippen LogP contribution >= 0.6 is 0 Å². The minimum Gasteiger partial charge on any atom is -0.491 e. The fourth-order valence-electron chi connectivity index (χ4n) is 2.69. The molecule has 0 fully saturated rings. The van der Waals surface area contributed by atoms with Crippen molar-refractivity contribution in [2.75, 3.05) is 6.61 Å². The zero-order chi connectivity index (χ0) is 18.9. The Morgan fingerprint density at radius 2 is 2.08 bits per heavy atom. The molecule has 0 spiro atoms. The van der Waals surface area contributed by atoms with E-state index in [1.807, 2.05) is 6.92 Å². The standard InChI is InChI=1S/C20H28FN3O2/c1-4-6-7-8-12-26-18-11-9-10-15(19(18)21)14-22-20(25)17-13-16(5-2)23-24(17)3/h9-11,13H,4-8,12,14H2,1-3H3,(H,22,25). The van der Waals surface area contributed by atoms with Crippen LogP contribution in [0.1, 0.15) is 61.3 Å². The number of ether oxygens (including phenoxy) is 1. The Morgan fingerprint density at radius 1 is 1.27 bits per heavy atom. The average molecular weight is 361 g/mol. The van der Waals surface area contributed by atoms with Gasteiger partial charge in [0.2, 0.25) is 0 Å². The predicted molar refractivity (Wildman–Crippen MR) is 99.8 cm³/mol. The van der Waals surface area contributed by atoms with Crippen LogP contribution in [0.5, 0.6) is 5.75 Å². The number of benzene rings is 1. The first-order valence-electron chi connectivity index (χ1n) is 9.28. The molecule has 1 N–H and O–H groups in total. The van der Waals surface area contributed by atoms with Crippen molar-refractivity contribution in [3.8, 4) is 5.75 Å². The van der Waals surface area contributed by atoms with Crippen LogP contribution in [-0.4, -0.2) is 22.3 Å². The second-order valence-electron chi connectivity index (χ2n) is 6.32. The number of carbonyl (C=O) groups excluding carboxylic acids is 1. The molecule has 1 amide bonds. The summed E-state index contributed by atoms with van der Waals surface area (Å²) in [4.78, 5) is 12.3. The zero-order valence-corrected chi connectivity index (χ0v) is 15.8. The normalized spacial score (nSPS) is 10.8. The molecule has 0 radical (unpaired) electrons.